The normalized spacial score (nSPS) is 11.7. The Morgan fingerprint density at radius 1 is 0.644 bits per heavy atom. The lowest BCUT2D eigenvalue weighted by atomic mass is 9.78. The predicted molar refractivity (Wildman–Crippen MR) is 175 cm³/mol. The van der Waals surface area contributed by atoms with Crippen LogP contribution in [0.3, 0.4) is 0 Å². The molecule has 6 heteroatoms. The van der Waals surface area contributed by atoms with Crippen LogP contribution in [0.1, 0.15) is 28.2 Å². The maximum atomic E-state index is 14.3. The van der Waals surface area contributed by atoms with Crippen molar-refractivity contribution in [2.24, 2.45) is 5.92 Å². The van der Waals surface area contributed by atoms with E-state index >= 15 is 0 Å². The summed E-state index contributed by atoms with van der Waals surface area (Å²) < 4.78 is 17.4. The molecule has 1 N–H and O–H groups in total. The maximum Gasteiger partial charge on any atom is 0.321 e. The van der Waals surface area contributed by atoms with Crippen molar-refractivity contribution in [3.05, 3.63) is 162 Å². The monoisotopic (exact) mass is 595 g/mol. The van der Waals surface area contributed by atoms with Crippen molar-refractivity contribution in [3.63, 3.8) is 0 Å². The number of nitrogens with one attached hydrogen (secondary N) is 1. The average molecular weight is 596 g/mol. The Bertz CT molecular complexity index is 1830. The summed E-state index contributed by atoms with van der Waals surface area (Å²) in [5, 5.41) is 0.890. The first-order chi connectivity index (χ1) is 22.1. The Morgan fingerprint density at radius 3 is 1.80 bits per heavy atom. The number of hydrogen-bond donors (Lipinski definition) is 1. The second kappa shape index (κ2) is 13.8. The lowest BCUT2D eigenvalue weighted by Gasteiger charge is -2.27. The Labute approximate surface area is 262 Å². The topological polar surface area (TPSA) is 77.6 Å². The zero-order valence-electron chi connectivity index (χ0n) is 24.9. The van der Waals surface area contributed by atoms with E-state index in [4.69, 9.17) is 14.2 Å². The molecule has 6 nitrogen and oxygen atoms in total. The van der Waals surface area contributed by atoms with Crippen LogP contribution in [0.5, 0.6) is 5.75 Å². The summed E-state index contributed by atoms with van der Waals surface area (Å²) in [7, 11) is 1.59. The highest BCUT2D eigenvalue weighted by molar-refractivity contribution is 6.00. The molecule has 1 aromatic heterocycles. The molecule has 45 heavy (non-hydrogen) atoms. The van der Waals surface area contributed by atoms with Crippen molar-refractivity contribution in [3.8, 4) is 17.0 Å². The van der Waals surface area contributed by atoms with Crippen molar-refractivity contribution in [2.45, 2.75) is 19.1 Å². The minimum absolute atomic E-state index is 0.0202. The Balaban J connectivity index is 1.52. The molecule has 0 fully saturated rings. The molecule has 6 rings (SSSR count). The summed E-state index contributed by atoms with van der Waals surface area (Å²) in [5.41, 5.74) is 5.76. The van der Waals surface area contributed by atoms with Crippen LogP contribution in [0.2, 0.25) is 0 Å². The van der Waals surface area contributed by atoms with Gasteiger partial charge in [0.1, 0.15) is 19.0 Å². The van der Waals surface area contributed by atoms with Crippen molar-refractivity contribution in [2.75, 3.05) is 7.11 Å². The molecule has 6 aromatic rings. The number of ether oxygens (including phenoxy) is 3. The summed E-state index contributed by atoms with van der Waals surface area (Å²) in [4.78, 5) is 32.1. The third-order valence-corrected chi connectivity index (χ3v) is 7.86. The molecule has 0 radical (unpaired) electrons. The number of H-pyrrole nitrogens is 1. The van der Waals surface area contributed by atoms with Crippen LogP contribution in [0.4, 0.5) is 0 Å². The van der Waals surface area contributed by atoms with Crippen LogP contribution in [0.25, 0.3) is 22.2 Å². The lowest BCUT2D eigenvalue weighted by molar-refractivity contribution is -0.164. The molecule has 0 aliphatic rings. The van der Waals surface area contributed by atoms with E-state index < -0.39 is 23.8 Å². The minimum Gasteiger partial charge on any atom is -0.497 e. The highest BCUT2D eigenvalue weighted by atomic mass is 16.6. The molecule has 0 saturated carbocycles. The highest BCUT2D eigenvalue weighted by Crippen LogP contribution is 2.44. The number of esters is 2. The van der Waals surface area contributed by atoms with Gasteiger partial charge in [0.25, 0.3) is 0 Å². The molecule has 224 valence electrons. The first-order valence-electron chi connectivity index (χ1n) is 14.8. The minimum atomic E-state index is -1.33. The molecule has 0 spiro atoms. The van der Waals surface area contributed by atoms with E-state index in [9.17, 15) is 9.59 Å². The molecule has 1 atom stereocenters. The van der Waals surface area contributed by atoms with E-state index in [0.29, 0.717) is 5.75 Å². The number of rotatable bonds is 11. The van der Waals surface area contributed by atoms with Gasteiger partial charge < -0.3 is 19.2 Å². The van der Waals surface area contributed by atoms with Crippen LogP contribution in [0, 0.1) is 5.92 Å². The summed E-state index contributed by atoms with van der Waals surface area (Å²) in [6, 6.07) is 44.1. The van der Waals surface area contributed by atoms with E-state index in [-0.39, 0.29) is 13.2 Å². The number of carbonyl (C=O) groups is 2. The van der Waals surface area contributed by atoms with Crippen LogP contribution >= 0.6 is 0 Å². The van der Waals surface area contributed by atoms with Crippen LogP contribution in [0.15, 0.2) is 140 Å². The zero-order valence-corrected chi connectivity index (χ0v) is 24.9. The SMILES string of the molecule is COc1cccc(C(c2c(-c3ccccc3)[nH]c3ccccc23)C(C(=O)OCc2ccccc2)C(=O)OCc2ccccc2)c1. The standard InChI is InChI=1S/C39H33NO5/c1-43-31-21-13-20-30(24-31)34(35-32-22-11-12-23-33(32)40-37(35)29-18-9-4-10-19-29)36(38(41)44-25-27-14-5-2-6-15-27)39(42)45-26-28-16-7-3-8-17-28/h2-24,34,36,40H,25-26H2,1H3. The van der Waals surface area contributed by atoms with Crippen molar-refractivity contribution < 1.29 is 23.8 Å². The number of aromatic amines is 1. The van der Waals surface area contributed by atoms with E-state index in [1.165, 1.54) is 0 Å². The number of benzene rings is 5. The molecule has 0 aliphatic carbocycles. The van der Waals surface area contributed by atoms with Gasteiger partial charge in [-0.3, -0.25) is 9.59 Å². The van der Waals surface area contributed by atoms with Gasteiger partial charge in [0.05, 0.1) is 12.8 Å². The third kappa shape index (κ3) is 6.65. The van der Waals surface area contributed by atoms with E-state index in [2.05, 4.69) is 4.98 Å². The molecule has 5 aromatic carbocycles. The Morgan fingerprint density at radius 2 is 1.20 bits per heavy atom. The quantitative estimate of drug-likeness (QED) is 0.121. The van der Waals surface area contributed by atoms with Crippen molar-refractivity contribution in [1.29, 1.82) is 0 Å². The van der Waals surface area contributed by atoms with Gasteiger partial charge in [-0.1, -0.05) is 121 Å². The summed E-state index contributed by atoms with van der Waals surface area (Å²) in [6.07, 6.45) is 0. The van der Waals surface area contributed by atoms with Gasteiger partial charge in [-0.2, -0.15) is 0 Å². The summed E-state index contributed by atoms with van der Waals surface area (Å²) >= 11 is 0. The van der Waals surface area contributed by atoms with Gasteiger partial charge in [-0.25, -0.2) is 0 Å². The number of methoxy groups -OCH3 is 1. The average Bonchev–Trinajstić information content (AvgIpc) is 3.49. The summed E-state index contributed by atoms with van der Waals surface area (Å²) in [6.45, 7) is 0.0405. The Kier molecular flexibility index (Phi) is 9.02. The largest absolute Gasteiger partial charge is 0.497 e. The zero-order chi connectivity index (χ0) is 31.0. The molecule has 1 unspecified atom stereocenters. The molecule has 0 amide bonds. The van der Waals surface area contributed by atoms with Crippen LogP contribution in [-0.4, -0.2) is 24.0 Å². The van der Waals surface area contributed by atoms with Crippen molar-refractivity contribution in [1.82, 2.24) is 4.98 Å². The highest BCUT2D eigenvalue weighted by Gasteiger charge is 2.42. The smallest absolute Gasteiger partial charge is 0.321 e. The van der Waals surface area contributed by atoms with Gasteiger partial charge in [0.15, 0.2) is 5.92 Å². The lowest BCUT2D eigenvalue weighted by Crippen LogP contribution is -2.34. The van der Waals surface area contributed by atoms with Gasteiger partial charge in [0, 0.05) is 16.8 Å². The van der Waals surface area contributed by atoms with Gasteiger partial charge in [-0.15, -0.1) is 0 Å². The second-order valence-corrected chi connectivity index (χ2v) is 10.7. The number of para-hydroxylation sites is 1. The van der Waals surface area contributed by atoms with Crippen molar-refractivity contribution >= 4 is 22.8 Å². The van der Waals surface area contributed by atoms with E-state index in [0.717, 1.165) is 44.4 Å². The first-order valence-corrected chi connectivity index (χ1v) is 14.8. The fourth-order valence-electron chi connectivity index (χ4n) is 5.69. The molecule has 1 heterocycles. The van der Waals surface area contributed by atoms with Gasteiger partial charge >= 0.3 is 11.9 Å². The molecular weight excluding hydrogens is 562 g/mol. The number of aromatic nitrogens is 1. The van der Waals surface area contributed by atoms with Gasteiger partial charge in [0.2, 0.25) is 0 Å². The number of carbonyl (C=O) groups excluding carboxylic acids is 2. The summed E-state index contributed by atoms with van der Waals surface area (Å²) in [5.74, 6) is -2.85. The molecule has 0 bridgehead atoms. The molecule has 0 aliphatic heterocycles. The first kappa shape index (κ1) is 29.5. The van der Waals surface area contributed by atoms with Crippen LogP contribution < -0.4 is 4.74 Å². The maximum absolute atomic E-state index is 14.3. The number of fused-ring (bicyclic) bond motifs is 1. The molecular formula is C39H33NO5. The van der Waals surface area contributed by atoms with E-state index in [1.54, 1.807) is 7.11 Å². The van der Waals surface area contributed by atoms with Gasteiger partial charge in [-0.05, 0) is 46.0 Å². The fourth-order valence-corrected chi connectivity index (χ4v) is 5.69. The molecule has 0 saturated heterocycles. The Hall–Kier alpha value is -5.62. The third-order valence-electron chi connectivity index (χ3n) is 7.86. The second-order valence-electron chi connectivity index (χ2n) is 10.7. The fraction of sp³-hybridized carbons (Fsp3) is 0.128. The predicted octanol–water partition coefficient (Wildman–Crippen LogP) is 8.08. The van der Waals surface area contributed by atoms with Crippen LogP contribution in [-0.2, 0) is 32.3 Å². The van der Waals surface area contributed by atoms with E-state index in [1.807, 2.05) is 140 Å². The number of hydrogen-bond acceptors (Lipinski definition) is 5.